The molecule has 0 saturated carbocycles. The lowest BCUT2D eigenvalue weighted by atomic mass is 10.00. The maximum absolute atomic E-state index is 5.39. The number of fused-ring (bicyclic) bond motifs is 29. The molecule has 0 saturated heterocycles. The summed E-state index contributed by atoms with van der Waals surface area (Å²) in [6.45, 7) is 0. The zero-order chi connectivity index (χ0) is 76.2. The molecule has 0 aliphatic heterocycles. The first kappa shape index (κ1) is 63.8. The summed E-state index contributed by atoms with van der Waals surface area (Å²) >= 11 is 0. The second-order valence-electron chi connectivity index (χ2n) is 31.1. The van der Waals surface area contributed by atoms with Crippen LogP contribution < -0.4 is 0 Å². The number of hydrogen-bond donors (Lipinski definition) is 0. The van der Waals surface area contributed by atoms with Crippen LogP contribution in [-0.4, -0.2) is 42.7 Å². The van der Waals surface area contributed by atoms with Crippen molar-refractivity contribution in [3.63, 3.8) is 0 Å². The number of hydrogen-bond acceptors (Lipinski definition) is 4. The van der Waals surface area contributed by atoms with Gasteiger partial charge in [-0.1, -0.05) is 285 Å². The fourth-order valence-electron chi connectivity index (χ4n) is 20.1. The smallest absolute Gasteiger partial charge is 0.168 e. The Morgan fingerprint density at radius 3 is 1.15 bits per heavy atom. The standard InChI is InChI=1S/C60H35N5.C48H28N4/c1-2-15-39(16-3-1)63-50-23-11-6-18-42(50)44-32-28-38(34-54(44)63)58-57(61-48-21-9-10-22-49(48)62-58)37-26-30-40(31-27-37)64-53-33-29-36-14-4-5-17-41(36)55(53)47-35-46-43-19-7-12-24-51(43)65-52-25-13-8-20-45(52)56(59(46)65)60(47)64;1-2-12-29(13-3-1)30-22-24-32(25-23-30)45-35-17-6-7-18-36(35)48(50-49-45)52-42-27-26-31-14-4-5-15-33(31)43(42)39-28-38-34-16-8-10-20-40(34)51-41-21-11-9-19-37(41)44(46(38)51)47(39)52/h1-35H;1-28H. The molecule has 0 unspecified atom stereocenters. The first-order valence-corrected chi connectivity index (χ1v) is 40.0. The van der Waals surface area contributed by atoms with Crippen LogP contribution in [0.1, 0.15) is 0 Å². The quantitative estimate of drug-likeness (QED) is 0.159. The molecule has 0 N–H and O–H groups in total. The molecule has 27 aromatic rings. The van der Waals surface area contributed by atoms with Crippen molar-refractivity contribution >= 4 is 185 Å². The SMILES string of the molecule is c1ccc(-c2ccc(-c3nnc(-n4c5ccc6ccccc6c5c5cc6c7ccccc7n7c8ccccc8c(c54)c67)c4ccccc34)cc2)cc1.c1ccc(-n2c3ccccc3c3ccc(-c4nc5ccccc5nc4-c4ccc(-n5c6ccc7ccccc7c6c6cc7c8ccccc8n8c9ccccc9c(c65)c78)cc4)cc32)cc1. The minimum atomic E-state index is 0.832. The van der Waals surface area contributed by atoms with E-state index < -0.39 is 0 Å². The maximum Gasteiger partial charge on any atom is 0.168 e. The molecule has 9 heteroatoms. The molecule has 9 heterocycles. The fourth-order valence-corrected chi connectivity index (χ4v) is 20.1. The molecule has 540 valence electrons. The van der Waals surface area contributed by atoms with Gasteiger partial charge in [0.05, 0.1) is 88.6 Å². The second kappa shape index (κ2) is 24.3. The maximum atomic E-state index is 5.39. The first-order chi connectivity index (χ1) is 58.1. The summed E-state index contributed by atoms with van der Waals surface area (Å²) < 4.78 is 12.2. The zero-order valence-corrected chi connectivity index (χ0v) is 62.9. The summed E-state index contributed by atoms with van der Waals surface area (Å²) in [5.74, 6) is 0.832. The molecule has 0 aliphatic carbocycles. The van der Waals surface area contributed by atoms with Crippen LogP contribution in [0.25, 0.3) is 247 Å². The van der Waals surface area contributed by atoms with Crippen LogP contribution in [0.15, 0.2) is 382 Å². The van der Waals surface area contributed by atoms with Crippen molar-refractivity contribution in [1.29, 1.82) is 0 Å². The van der Waals surface area contributed by atoms with Crippen LogP contribution in [0.5, 0.6) is 0 Å². The predicted molar refractivity (Wildman–Crippen MR) is 488 cm³/mol. The van der Waals surface area contributed by atoms with Crippen molar-refractivity contribution in [2.75, 3.05) is 0 Å². The molecule has 0 spiro atoms. The minimum absolute atomic E-state index is 0.832. The highest BCUT2D eigenvalue weighted by Crippen LogP contribution is 2.52. The van der Waals surface area contributed by atoms with Crippen molar-refractivity contribution in [3.05, 3.63) is 382 Å². The van der Waals surface area contributed by atoms with Gasteiger partial charge in [-0.2, -0.15) is 0 Å². The number of aromatic nitrogens is 9. The van der Waals surface area contributed by atoms with Gasteiger partial charge in [0.1, 0.15) is 5.69 Å². The van der Waals surface area contributed by atoms with E-state index in [4.69, 9.17) is 20.2 Å². The van der Waals surface area contributed by atoms with Crippen LogP contribution in [0.2, 0.25) is 0 Å². The Labute approximate surface area is 667 Å². The average Bonchev–Trinajstić information content (AvgIpc) is 1.51. The van der Waals surface area contributed by atoms with Crippen LogP contribution >= 0.6 is 0 Å². The molecule has 0 radical (unpaired) electrons. The molecule has 27 rings (SSSR count). The Balaban J connectivity index is 0.000000131. The van der Waals surface area contributed by atoms with E-state index >= 15 is 0 Å². The van der Waals surface area contributed by atoms with Crippen molar-refractivity contribution in [1.82, 2.24) is 42.7 Å². The number of benzene rings is 18. The third-order valence-electron chi connectivity index (χ3n) is 25.0. The minimum Gasteiger partial charge on any atom is -0.309 e. The van der Waals surface area contributed by atoms with Crippen molar-refractivity contribution in [3.8, 4) is 62.1 Å². The summed E-state index contributed by atoms with van der Waals surface area (Å²) in [6, 6.07) is 138. The van der Waals surface area contributed by atoms with E-state index in [9.17, 15) is 0 Å². The van der Waals surface area contributed by atoms with E-state index in [0.717, 1.165) is 89.3 Å². The predicted octanol–water partition coefficient (Wildman–Crippen LogP) is 27.8. The Kier molecular flexibility index (Phi) is 13.3. The topological polar surface area (TPSA) is 75.2 Å². The first-order valence-electron chi connectivity index (χ1n) is 40.0. The molecule has 0 fully saturated rings. The Hall–Kier alpha value is -15.8. The van der Waals surface area contributed by atoms with Gasteiger partial charge in [0.15, 0.2) is 5.82 Å². The third-order valence-corrected chi connectivity index (χ3v) is 25.0. The van der Waals surface area contributed by atoms with E-state index in [2.05, 4.69) is 393 Å². The highest BCUT2D eigenvalue weighted by atomic mass is 15.2. The summed E-state index contributed by atoms with van der Waals surface area (Å²) in [5, 5.41) is 34.8. The van der Waals surface area contributed by atoms with Gasteiger partial charge in [-0.3, -0.25) is 4.57 Å². The number of nitrogens with zero attached hydrogens (tertiary/aromatic N) is 9. The van der Waals surface area contributed by atoms with Gasteiger partial charge in [-0.25, -0.2) is 9.97 Å². The summed E-state index contributed by atoms with van der Waals surface area (Å²) in [4.78, 5) is 10.8. The summed E-state index contributed by atoms with van der Waals surface area (Å²) in [6.07, 6.45) is 0. The second-order valence-corrected chi connectivity index (χ2v) is 31.1. The number of para-hydroxylation sites is 8. The van der Waals surface area contributed by atoms with E-state index in [-0.39, 0.29) is 0 Å². The van der Waals surface area contributed by atoms with Crippen molar-refractivity contribution in [2.24, 2.45) is 0 Å². The van der Waals surface area contributed by atoms with Crippen LogP contribution in [0.4, 0.5) is 0 Å². The van der Waals surface area contributed by atoms with Gasteiger partial charge < -0.3 is 17.9 Å². The lowest BCUT2D eigenvalue weighted by Gasteiger charge is -2.14. The molecule has 117 heavy (non-hydrogen) atoms. The third kappa shape index (κ3) is 9.02. The summed E-state index contributed by atoms with van der Waals surface area (Å²) in [7, 11) is 0. The Morgan fingerprint density at radius 1 is 0.179 bits per heavy atom. The largest absolute Gasteiger partial charge is 0.309 e. The average molecular weight is 1490 g/mol. The highest BCUT2D eigenvalue weighted by molar-refractivity contribution is 6.38. The van der Waals surface area contributed by atoms with E-state index in [1.807, 2.05) is 12.1 Å². The lowest BCUT2D eigenvalue weighted by Crippen LogP contribution is -2.03. The molecule has 9 aromatic heterocycles. The van der Waals surface area contributed by atoms with E-state index in [1.165, 1.54) is 158 Å². The molecule has 0 bridgehead atoms. The van der Waals surface area contributed by atoms with Gasteiger partial charge in [0, 0.05) is 114 Å². The Morgan fingerprint density at radius 2 is 0.573 bits per heavy atom. The van der Waals surface area contributed by atoms with Crippen molar-refractivity contribution in [2.45, 2.75) is 0 Å². The molecule has 18 aromatic carbocycles. The Bertz CT molecular complexity index is 8870. The van der Waals surface area contributed by atoms with Crippen LogP contribution in [0.3, 0.4) is 0 Å². The zero-order valence-electron chi connectivity index (χ0n) is 62.9. The molecular formula is C108H63N9. The fraction of sp³-hybridized carbons (Fsp3) is 0. The van der Waals surface area contributed by atoms with E-state index in [0.29, 0.717) is 0 Å². The van der Waals surface area contributed by atoms with E-state index in [1.54, 1.807) is 0 Å². The lowest BCUT2D eigenvalue weighted by molar-refractivity contribution is 0.978. The van der Waals surface area contributed by atoms with Gasteiger partial charge in [-0.15, -0.1) is 10.2 Å². The molecule has 0 amide bonds. The van der Waals surface area contributed by atoms with Crippen molar-refractivity contribution < 1.29 is 0 Å². The van der Waals surface area contributed by atoms with Gasteiger partial charge in [0.25, 0.3) is 0 Å². The van der Waals surface area contributed by atoms with Gasteiger partial charge in [-0.05, 0) is 130 Å². The molecule has 0 aliphatic rings. The van der Waals surface area contributed by atoms with Crippen LogP contribution in [-0.2, 0) is 0 Å². The number of rotatable bonds is 7. The van der Waals surface area contributed by atoms with Crippen LogP contribution in [0, 0.1) is 0 Å². The van der Waals surface area contributed by atoms with Gasteiger partial charge >= 0.3 is 0 Å². The summed E-state index contributed by atoms with van der Waals surface area (Å²) in [5.41, 5.74) is 26.4. The monoisotopic (exact) mass is 1490 g/mol. The highest BCUT2D eigenvalue weighted by Gasteiger charge is 2.30. The molecule has 0 atom stereocenters. The molecular weight excluding hydrogens is 1420 g/mol. The molecule has 9 nitrogen and oxygen atoms in total. The van der Waals surface area contributed by atoms with Gasteiger partial charge in [0.2, 0.25) is 0 Å². The normalized spacial score (nSPS) is 12.3.